The summed E-state index contributed by atoms with van der Waals surface area (Å²) in [5, 5.41) is 11.2. The topological polar surface area (TPSA) is 47.9 Å². The highest BCUT2D eigenvalue weighted by atomic mass is 16.5. The van der Waals surface area contributed by atoms with Crippen LogP contribution >= 0.6 is 0 Å². The van der Waals surface area contributed by atoms with Crippen molar-refractivity contribution in [2.45, 2.75) is 27.4 Å². The highest BCUT2D eigenvalue weighted by Crippen LogP contribution is 2.29. The van der Waals surface area contributed by atoms with Crippen LogP contribution in [0.25, 0.3) is 21.9 Å². The van der Waals surface area contributed by atoms with Crippen LogP contribution in [0.4, 0.5) is 0 Å². The molecular formula is C26H32O4. The van der Waals surface area contributed by atoms with Crippen LogP contribution in [0.2, 0.25) is 0 Å². The number of hydrogen-bond acceptors (Lipinski definition) is 4. The Hall–Kier alpha value is -2.24. The van der Waals surface area contributed by atoms with Gasteiger partial charge in [0.1, 0.15) is 0 Å². The number of aliphatic hydroxyl groups is 1. The lowest BCUT2D eigenvalue weighted by molar-refractivity contribution is 0.00444. The summed E-state index contributed by atoms with van der Waals surface area (Å²) in [6.45, 7) is 9.51. The standard InChI is InChI=1S/C26H32O4/c1-19-4-7-26-21(3)16-24(17-25(26)14-19)22-5-6-23(20(2)15-22)18-30-13-12-29-11-10-28-9-8-27/h4-7,14-17,27H,8-13,18H2,1-3H3. The van der Waals surface area contributed by atoms with Gasteiger partial charge in [0.15, 0.2) is 0 Å². The van der Waals surface area contributed by atoms with Crippen LogP contribution in [0.5, 0.6) is 0 Å². The van der Waals surface area contributed by atoms with Crippen LogP contribution in [0, 0.1) is 20.8 Å². The summed E-state index contributed by atoms with van der Waals surface area (Å²) >= 11 is 0. The second-order valence-corrected chi connectivity index (χ2v) is 7.66. The molecule has 160 valence electrons. The summed E-state index contributed by atoms with van der Waals surface area (Å²) in [7, 11) is 0. The first-order chi connectivity index (χ1) is 14.6. The van der Waals surface area contributed by atoms with E-state index < -0.39 is 0 Å². The molecule has 0 atom stereocenters. The van der Waals surface area contributed by atoms with Gasteiger partial charge in [0, 0.05) is 0 Å². The van der Waals surface area contributed by atoms with Gasteiger partial charge in [-0.25, -0.2) is 0 Å². The second kappa shape index (κ2) is 11.2. The van der Waals surface area contributed by atoms with E-state index in [-0.39, 0.29) is 6.61 Å². The third kappa shape index (κ3) is 6.13. The van der Waals surface area contributed by atoms with Crippen LogP contribution < -0.4 is 0 Å². The van der Waals surface area contributed by atoms with Gasteiger partial charge in [-0.05, 0) is 65.4 Å². The van der Waals surface area contributed by atoms with E-state index in [9.17, 15) is 0 Å². The van der Waals surface area contributed by atoms with Gasteiger partial charge < -0.3 is 19.3 Å². The molecule has 0 saturated heterocycles. The lowest BCUT2D eigenvalue weighted by Gasteiger charge is -2.12. The summed E-state index contributed by atoms with van der Waals surface area (Å²) in [6, 6.07) is 17.8. The molecule has 0 radical (unpaired) electrons. The minimum absolute atomic E-state index is 0.0430. The van der Waals surface area contributed by atoms with Gasteiger partial charge in [-0.1, -0.05) is 48.0 Å². The SMILES string of the molecule is Cc1ccc2c(C)cc(-c3ccc(COCCOCCOCCO)c(C)c3)cc2c1. The summed E-state index contributed by atoms with van der Waals surface area (Å²) in [5.74, 6) is 0. The fourth-order valence-corrected chi connectivity index (χ4v) is 3.57. The highest BCUT2D eigenvalue weighted by Gasteiger charge is 2.06. The summed E-state index contributed by atoms with van der Waals surface area (Å²) < 4.78 is 16.3. The predicted octanol–water partition coefficient (Wildman–Crippen LogP) is 4.97. The number of rotatable bonds is 11. The Labute approximate surface area is 179 Å². The molecule has 0 aromatic heterocycles. The smallest absolute Gasteiger partial charge is 0.0720 e. The molecular weight excluding hydrogens is 376 g/mol. The van der Waals surface area contributed by atoms with E-state index in [2.05, 4.69) is 69.3 Å². The molecule has 3 rings (SSSR count). The molecule has 0 aliphatic rings. The van der Waals surface area contributed by atoms with Crippen molar-refractivity contribution in [1.82, 2.24) is 0 Å². The number of aryl methyl sites for hydroxylation is 3. The fourth-order valence-electron chi connectivity index (χ4n) is 3.57. The summed E-state index contributed by atoms with van der Waals surface area (Å²) in [4.78, 5) is 0. The average Bonchev–Trinajstić information content (AvgIpc) is 2.73. The minimum Gasteiger partial charge on any atom is -0.394 e. The lowest BCUT2D eigenvalue weighted by atomic mass is 9.95. The average molecular weight is 409 g/mol. The van der Waals surface area contributed by atoms with Crippen LogP contribution in [-0.2, 0) is 20.8 Å². The van der Waals surface area contributed by atoms with Crippen molar-refractivity contribution in [2.24, 2.45) is 0 Å². The fraction of sp³-hybridized carbons (Fsp3) is 0.385. The Morgan fingerprint density at radius 3 is 2.10 bits per heavy atom. The maximum Gasteiger partial charge on any atom is 0.0720 e. The largest absolute Gasteiger partial charge is 0.394 e. The van der Waals surface area contributed by atoms with Crippen molar-refractivity contribution < 1.29 is 19.3 Å². The maximum absolute atomic E-state index is 8.63. The number of fused-ring (bicyclic) bond motifs is 1. The second-order valence-electron chi connectivity index (χ2n) is 7.66. The van der Waals surface area contributed by atoms with E-state index in [1.54, 1.807) is 0 Å². The molecule has 4 nitrogen and oxygen atoms in total. The minimum atomic E-state index is 0.0430. The van der Waals surface area contributed by atoms with Gasteiger partial charge in [0.2, 0.25) is 0 Å². The quantitative estimate of drug-likeness (QED) is 0.455. The highest BCUT2D eigenvalue weighted by molar-refractivity contribution is 5.90. The van der Waals surface area contributed by atoms with Gasteiger partial charge in [0.05, 0.1) is 46.2 Å². The van der Waals surface area contributed by atoms with Gasteiger partial charge in [-0.15, -0.1) is 0 Å². The van der Waals surface area contributed by atoms with Crippen LogP contribution in [-0.4, -0.2) is 44.7 Å². The van der Waals surface area contributed by atoms with Gasteiger partial charge >= 0.3 is 0 Å². The Bertz CT molecular complexity index is 965. The third-order valence-electron chi connectivity index (χ3n) is 5.23. The molecule has 30 heavy (non-hydrogen) atoms. The molecule has 0 bridgehead atoms. The van der Waals surface area contributed by atoms with E-state index in [1.165, 1.54) is 44.2 Å². The van der Waals surface area contributed by atoms with Crippen LogP contribution in [0.15, 0.2) is 48.5 Å². The molecule has 3 aromatic carbocycles. The summed E-state index contributed by atoms with van der Waals surface area (Å²) in [5.41, 5.74) is 7.48. The lowest BCUT2D eigenvalue weighted by Crippen LogP contribution is -2.10. The molecule has 1 N–H and O–H groups in total. The summed E-state index contributed by atoms with van der Waals surface area (Å²) in [6.07, 6.45) is 0. The zero-order chi connectivity index (χ0) is 21.3. The number of aliphatic hydroxyl groups excluding tert-OH is 1. The van der Waals surface area contributed by atoms with Crippen molar-refractivity contribution in [3.63, 3.8) is 0 Å². The predicted molar refractivity (Wildman–Crippen MR) is 122 cm³/mol. The zero-order valence-corrected chi connectivity index (χ0v) is 18.2. The molecule has 4 heteroatoms. The van der Waals surface area contributed by atoms with Crippen molar-refractivity contribution in [3.05, 3.63) is 70.8 Å². The first-order valence-corrected chi connectivity index (χ1v) is 10.5. The monoisotopic (exact) mass is 408 g/mol. The van der Waals surface area contributed by atoms with E-state index in [0.717, 1.165) is 0 Å². The molecule has 0 fully saturated rings. The van der Waals surface area contributed by atoms with E-state index >= 15 is 0 Å². The van der Waals surface area contributed by atoms with Crippen molar-refractivity contribution >= 4 is 10.8 Å². The maximum atomic E-state index is 8.63. The molecule has 0 aliphatic carbocycles. The molecule has 0 heterocycles. The Kier molecular flexibility index (Phi) is 8.40. The first kappa shape index (κ1) is 22.4. The Balaban J connectivity index is 1.56. The molecule has 0 unspecified atom stereocenters. The molecule has 3 aromatic rings. The molecule has 0 amide bonds. The molecule has 0 spiro atoms. The Morgan fingerprint density at radius 1 is 0.667 bits per heavy atom. The third-order valence-corrected chi connectivity index (χ3v) is 5.23. The molecule has 0 saturated carbocycles. The van der Waals surface area contributed by atoms with Gasteiger partial charge in [-0.3, -0.25) is 0 Å². The van der Waals surface area contributed by atoms with Crippen molar-refractivity contribution in [2.75, 3.05) is 39.6 Å². The normalized spacial score (nSPS) is 11.3. The number of benzene rings is 3. The van der Waals surface area contributed by atoms with E-state index in [4.69, 9.17) is 19.3 Å². The first-order valence-electron chi connectivity index (χ1n) is 10.5. The van der Waals surface area contributed by atoms with E-state index in [1.807, 2.05) is 0 Å². The van der Waals surface area contributed by atoms with Crippen molar-refractivity contribution in [1.29, 1.82) is 0 Å². The molecule has 0 aliphatic heterocycles. The van der Waals surface area contributed by atoms with E-state index in [0.29, 0.717) is 39.6 Å². The van der Waals surface area contributed by atoms with Gasteiger partial charge in [-0.2, -0.15) is 0 Å². The van der Waals surface area contributed by atoms with Gasteiger partial charge in [0.25, 0.3) is 0 Å². The van der Waals surface area contributed by atoms with Crippen molar-refractivity contribution in [3.8, 4) is 11.1 Å². The Morgan fingerprint density at radius 2 is 1.37 bits per heavy atom. The number of ether oxygens (including phenoxy) is 3. The van der Waals surface area contributed by atoms with Crippen LogP contribution in [0.3, 0.4) is 0 Å². The number of hydrogen-bond donors (Lipinski definition) is 1. The zero-order valence-electron chi connectivity index (χ0n) is 18.2. The van der Waals surface area contributed by atoms with Crippen LogP contribution in [0.1, 0.15) is 22.3 Å².